The first kappa shape index (κ1) is 20.9. The molecule has 160 valence electrons. The van der Waals surface area contributed by atoms with E-state index in [2.05, 4.69) is 20.0 Å². The SMILES string of the molecule is O=S1(=O)Nc2ccc(C(F)(F)F)c(n2)-c2ccccc2/C=C/CCNc2cccc1n2. The highest BCUT2D eigenvalue weighted by atomic mass is 32.2. The fourth-order valence-corrected chi connectivity index (χ4v) is 4.12. The van der Waals surface area contributed by atoms with Gasteiger partial charge in [0.2, 0.25) is 0 Å². The van der Waals surface area contributed by atoms with E-state index in [0.717, 1.165) is 12.1 Å². The molecule has 10 heteroatoms. The smallest absolute Gasteiger partial charge is 0.370 e. The van der Waals surface area contributed by atoms with Gasteiger partial charge in [-0.15, -0.1) is 0 Å². The normalized spacial score (nSPS) is 16.6. The summed E-state index contributed by atoms with van der Waals surface area (Å²) in [7, 11) is -4.16. The molecule has 0 fully saturated rings. The van der Waals surface area contributed by atoms with Crippen molar-refractivity contribution in [1.82, 2.24) is 9.97 Å². The van der Waals surface area contributed by atoms with Crippen molar-refractivity contribution < 1.29 is 21.6 Å². The number of nitrogens with zero attached hydrogens (tertiary/aromatic N) is 2. The summed E-state index contributed by atoms with van der Waals surface area (Å²) in [5.74, 6) is 0.129. The molecule has 0 amide bonds. The van der Waals surface area contributed by atoms with Crippen LogP contribution in [0.3, 0.4) is 0 Å². The quantitative estimate of drug-likeness (QED) is 0.519. The van der Waals surface area contributed by atoms with Crippen LogP contribution in [0, 0.1) is 0 Å². The number of sulfonamides is 1. The number of rotatable bonds is 0. The maximum atomic E-state index is 13.7. The number of nitrogens with one attached hydrogen (secondary N) is 2. The van der Waals surface area contributed by atoms with Gasteiger partial charge in [-0.05, 0) is 36.2 Å². The summed E-state index contributed by atoms with van der Waals surface area (Å²) in [6.07, 6.45) is -0.579. The molecule has 1 aromatic carbocycles. The van der Waals surface area contributed by atoms with Gasteiger partial charge in [-0.1, -0.05) is 42.5 Å². The van der Waals surface area contributed by atoms with Crippen molar-refractivity contribution in [1.29, 1.82) is 0 Å². The summed E-state index contributed by atoms with van der Waals surface area (Å²) >= 11 is 0. The summed E-state index contributed by atoms with van der Waals surface area (Å²) in [4.78, 5) is 8.12. The van der Waals surface area contributed by atoms with Gasteiger partial charge < -0.3 is 5.32 Å². The first-order valence-corrected chi connectivity index (χ1v) is 10.8. The molecule has 0 aliphatic carbocycles. The number of aromatic nitrogens is 2. The Bertz CT molecular complexity index is 1260. The van der Waals surface area contributed by atoms with Crippen molar-refractivity contribution in [3.8, 4) is 11.3 Å². The van der Waals surface area contributed by atoms with Gasteiger partial charge in [-0.3, -0.25) is 4.72 Å². The zero-order valence-electron chi connectivity index (χ0n) is 16.0. The zero-order chi connectivity index (χ0) is 22.1. The van der Waals surface area contributed by atoms with Crippen LogP contribution in [-0.4, -0.2) is 24.9 Å². The molecule has 2 N–H and O–H groups in total. The standard InChI is InChI=1S/C21H17F3N4O2S/c22-21(23,24)16-11-12-18-27-20(16)15-8-2-1-6-14(15)7-3-4-13-25-17-9-5-10-19(26-17)31(29,30)28-18/h1-3,5-12H,4,13H2,(H,25,26)(H,27,28)/b7-3+. The maximum Gasteiger partial charge on any atom is 0.418 e. The van der Waals surface area contributed by atoms with Crippen molar-refractivity contribution >= 4 is 27.7 Å². The van der Waals surface area contributed by atoms with Crippen LogP contribution in [0.1, 0.15) is 17.5 Å². The predicted molar refractivity (Wildman–Crippen MR) is 112 cm³/mol. The molecule has 0 radical (unpaired) electrons. The summed E-state index contributed by atoms with van der Waals surface area (Å²) in [6, 6.07) is 12.8. The van der Waals surface area contributed by atoms with Gasteiger partial charge in [0, 0.05) is 12.1 Å². The van der Waals surface area contributed by atoms with Gasteiger partial charge in [-0.2, -0.15) is 21.6 Å². The van der Waals surface area contributed by atoms with Crippen LogP contribution in [0.4, 0.5) is 24.8 Å². The number of benzene rings is 1. The Hall–Kier alpha value is -3.40. The van der Waals surface area contributed by atoms with E-state index in [4.69, 9.17) is 0 Å². The minimum Gasteiger partial charge on any atom is -0.370 e. The molecule has 0 unspecified atom stereocenters. The largest absolute Gasteiger partial charge is 0.418 e. The average molecular weight is 446 g/mol. The van der Waals surface area contributed by atoms with E-state index < -0.39 is 21.8 Å². The molecule has 0 saturated carbocycles. The average Bonchev–Trinajstić information content (AvgIpc) is 2.72. The van der Waals surface area contributed by atoms with E-state index in [1.807, 2.05) is 6.08 Å². The van der Waals surface area contributed by atoms with Crippen molar-refractivity contribution in [3.05, 3.63) is 71.8 Å². The van der Waals surface area contributed by atoms with E-state index >= 15 is 0 Å². The Kier molecular flexibility index (Phi) is 5.40. The molecule has 6 nitrogen and oxygen atoms in total. The van der Waals surface area contributed by atoms with Gasteiger partial charge in [0.25, 0.3) is 10.0 Å². The molecular weight excluding hydrogens is 429 g/mol. The van der Waals surface area contributed by atoms with Gasteiger partial charge in [0.1, 0.15) is 11.6 Å². The van der Waals surface area contributed by atoms with Crippen LogP contribution in [0.5, 0.6) is 0 Å². The van der Waals surface area contributed by atoms with Crippen LogP contribution >= 0.6 is 0 Å². The number of halogens is 3. The molecule has 0 saturated heterocycles. The Morgan fingerprint density at radius 3 is 2.52 bits per heavy atom. The first-order chi connectivity index (χ1) is 14.7. The van der Waals surface area contributed by atoms with E-state index in [9.17, 15) is 21.6 Å². The highest BCUT2D eigenvalue weighted by Crippen LogP contribution is 2.38. The summed E-state index contributed by atoms with van der Waals surface area (Å²) < 4.78 is 68.8. The number of hydrogen-bond donors (Lipinski definition) is 2. The third-order valence-electron chi connectivity index (χ3n) is 4.57. The van der Waals surface area contributed by atoms with Gasteiger partial charge in [0.15, 0.2) is 5.03 Å². The minimum absolute atomic E-state index is 0.239. The van der Waals surface area contributed by atoms with Crippen LogP contribution in [0.15, 0.2) is 65.7 Å². The van der Waals surface area contributed by atoms with Crippen molar-refractivity contribution in [2.24, 2.45) is 0 Å². The zero-order valence-corrected chi connectivity index (χ0v) is 16.8. The number of anilines is 2. The second-order valence-electron chi connectivity index (χ2n) is 6.76. The fourth-order valence-electron chi connectivity index (χ4n) is 3.15. The topological polar surface area (TPSA) is 84.0 Å². The van der Waals surface area contributed by atoms with E-state index in [-0.39, 0.29) is 22.1 Å². The Labute approximate surface area is 176 Å². The van der Waals surface area contributed by atoms with Crippen molar-refractivity contribution in [2.45, 2.75) is 17.6 Å². The van der Waals surface area contributed by atoms with E-state index in [1.165, 1.54) is 18.2 Å². The Morgan fingerprint density at radius 2 is 1.71 bits per heavy atom. The summed E-state index contributed by atoms with van der Waals surface area (Å²) in [6.45, 7) is 0.461. The number of hydrogen-bond acceptors (Lipinski definition) is 5. The number of fused-ring (bicyclic) bond motifs is 6. The molecule has 1 aliphatic heterocycles. The lowest BCUT2D eigenvalue weighted by molar-refractivity contribution is -0.137. The third kappa shape index (κ3) is 4.53. The van der Waals surface area contributed by atoms with Crippen LogP contribution < -0.4 is 10.0 Å². The van der Waals surface area contributed by atoms with Crippen LogP contribution in [-0.2, 0) is 16.2 Å². The molecule has 0 spiro atoms. The Morgan fingerprint density at radius 1 is 0.903 bits per heavy atom. The fraction of sp³-hybridized carbons (Fsp3) is 0.143. The maximum absolute atomic E-state index is 13.7. The number of alkyl halides is 3. The molecule has 31 heavy (non-hydrogen) atoms. The second-order valence-corrected chi connectivity index (χ2v) is 8.39. The summed E-state index contributed by atoms with van der Waals surface area (Å²) in [5, 5.41) is 2.76. The Balaban J connectivity index is 1.92. The lowest BCUT2D eigenvalue weighted by Gasteiger charge is -2.16. The van der Waals surface area contributed by atoms with Gasteiger partial charge >= 0.3 is 6.18 Å². The summed E-state index contributed by atoms with van der Waals surface area (Å²) in [5.41, 5.74) is -0.534. The van der Waals surface area contributed by atoms with Gasteiger partial charge in [-0.25, -0.2) is 9.97 Å². The van der Waals surface area contributed by atoms with Crippen LogP contribution in [0.2, 0.25) is 0 Å². The molecule has 3 aromatic rings. The molecule has 3 heterocycles. The highest BCUT2D eigenvalue weighted by Gasteiger charge is 2.35. The monoisotopic (exact) mass is 446 g/mol. The molecular formula is C21H17F3N4O2S. The second kappa shape index (κ2) is 8.03. The van der Waals surface area contributed by atoms with E-state index in [1.54, 1.807) is 30.3 Å². The lowest BCUT2D eigenvalue weighted by atomic mass is 9.99. The molecule has 2 aromatic heterocycles. The lowest BCUT2D eigenvalue weighted by Crippen LogP contribution is -2.17. The predicted octanol–water partition coefficient (Wildman–Crippen LogP) is 4.79. The third-order valence-corrected chi connectivity index (χ3v) is 5.82. The molecule has 4 bridgehead atoms. The highest BCUT2D eigenvalue weighted by molar-refractivity contribution is 7.92. The molecule has 0 atom stereocenters. The molecule has 1 aliphatic rings. The van der Waals surface area contributed by atoms with E-state index in [0.29, 0.717) is 24.3 Å². The first-order valence-electron chi connectivity index (χ1n) is 9.32. The van der Waals surface area contributed by atoms with Crippen molar-refractivity contribution in [2.75, 3.05) is 16.6 Å². The number of pyridine rings is 2. The van der Waals surface area contributed by atoms with Gasteiger partial charge in [0.05, 0.1) is 11.3 Å². The minimum atomic E-state index is -4.67. The molecule has 4 rings (SSSR count). The van der Waals surface area contributed by atoms with Crippen molar-refractivity contribution in [3.63, 3.8) is 0 Å². The van der Waals surface area contributed by atoms with Crippen LogP contribution in [0.25, 0.3) is 17.3 Å².